The minimum atomic E-state index is -0.140. The van der Waals surface area contributed by atoms with Gasteiger partial charge in [-0.25, -0.2) is 4.98 Å². The molecule has 198 valence electrons. The van der Waals surface area contributed by atoms with Crippen LogP contribution < -0.4 is 10.5 Å². The highest BCUT2D eigenvalue weighted by Gasteiger charge is 2.43. The molecule has 0 aliphatic heterocycles. The molecule has 6 rings (SSSR count). The van der Waals surface area contributed by atoms with Gasteiger partial charge in [-0.1, -0.05) is 91.7 Å². The predicted octanol–water partition coefficient (Wildman–Crippen LogP) is 7.15. The normalized spacial score (nSPS) is 15.4. The second-order valence-electron chi connectivity index (χ2n) is 10.5. The molecule has 0 saturated heterocycles. The van der Waals surface area contributed by atoms with Gasteiger partial charge in [0.2, 0.25) is 5.91 Å². The van der Waals surface area contributed by atoms with E-state index in [1.54, 1.807) is 9.47 Å². The zero-order valence-corrected chi connectivity index (χ0v) is 23.1. The summed E-state index contributed by atoms with van der Waals surface area (Å²) in [5, 5.41) is 0.610. The van der Waals surface area contributed by atoms with Gasteiger partial charge in [0.25, 0.3) is 5.56 Å². The van der Waals surface area contributed by atoms with Gasteiger partial charge < -0.3 is 0 Å². The average Bonchev–Trinajstić information content (AvgIpc) is 2.97. The fraction of sp³-hybridized carbons (Fsp3) is 0.303. The largest absolute Gasteiger partial charge is 0.288 e. The SMILES string of the molecule is CCn1c(SCC(=O)N(c2ccccc2)c2ccccc2)nc2c(c1=O)C1(CCCCC1)Cc1ccccc1-2. The van der Waals surface area contributed by atoms with E-state index in [-0.39, 0.29) is 22.6 Å². The molecule has 0 bridgehead atoms. The van der Waals surface area contributed by atoms with Crippen LogP contribution in [0.25, 0.3) is 11.3 Å². The van der Waals surface area contributed by atoms with Gasteiger partial charge in [0.15, 0.2) is 5.16 Å². The topological polar surface area (TPSA) is 55.2 Å². The molecule has 4 aromatic rings. The van der Waals surface area contributed by atoms with Crippen molar-refractivity contribution in [3.8, 4) is 11.3 Å². The zero-order chi connectivity index (χ0) is 26.8. The molecular formula is C33H33N3O2S. The molecule has 0 atom stereocenters. The molecule has 5 nitrogen and oxygen atoms in total. The Morgan fingerprint density at radius 3 is 2.15 bits per heavy atom. The van der Waals surface area contributed by atoms with Gasteiger partial charge in [0.05, 0.1) is 17.0 Å². The summed E-state index contributed by atoms with van der Waals surface area (Å²) in [7, 11) is 0. The van der Waals surface area contributed by atoms with E-state index in [4.69, 9.17) is 4.98 Å². The summed E-state index contributed by atoms with van der Waals surface area (Å²) in [4.78, 5) is 34.8. The summed E-state index contributed by atoms with van der Waals surface area (Å²) in [5.41, 5.74) is 5.62. The molecule has 1 aromatic heterocycles. The standard InChI is InChI=1S/C33H33N3O2S/c1-2-35-31(38)29-30(27-19-11-10-14-24(27)22-33(29)20-12-5-13-21-33)34-32(35)39-23-28(37)36(25-15-6-3-7-16-25)26-17-8-4-9-18-26/h3-4,6-11,14-19H,2,5,12-13,20-23H2,1H3. The van der Waals surface area contributed by atoms with Crippen LogP contribution in [0.4, 0.5) is 11.4 Å². The van der Waals surface area contributed by atoms with E-state index in [1.807, 2.05) is 73.7 Å². The lowest BCUT2D eigenvalue weighted by Crippen LogP contribution is -2.43. The number of anilines is 2. The lowest BCUT2D eigenvalue weighted by Gasteiger charge is -2.42. The summed E-state index contributed by atoms with van der Waals surface area (Å²) >= 11 is 1.35. The molecule has 0 unspecified atom stereocenters. The monoisotopic (exact) mass is 535 g/mol. The number of nitrogens with zero attached hydrogens (tertiary/aromatic N) is 3. The quantitative estimate of drug-likeness (QED) is 0.194. The highest BCUT2D eigenvalue weighted by atomic mass is 32.2. The van der Waals surface area contributed by atoms with Crippen LogP contribution >= 0.6 is 11.8 Å². The maximum atomic E-state index is 14.2. The Morgan fingerprint density at radius 2 is 1.51 bits per heavy atom. The molecule has 1 saturated carbocycles. The Hall–Kier alpha value is -3.64. The van der Waals surface area contributed by atoms with Crippen molar-refractivity contribution < 1.29 is 4.79 Å². The first-order valence-electron chi connectivity index (χ1n) is 13.9. The maximum Gasteiger partial charge on any atom is 0.258 e. The summed E-state index contributed by atoms with van der Waals surface area (Å²) in [6.45, 7) is 2.51. The van der Waals surface area contributed by atoms with Crippen LogP contribution in [0.2, 0.25) is 0 Å². The second kappa shape index (κ2) is 10.9. The summed E-state index contributed by atoms with van der Waals surface area (Å²) in [6.07, 6.45) is 6.49. The number of carbonyl (C=O) groups is 1. The van der Waals surface area contributed by atoms with Crippen LogP contribution in [0.3, 0.4) is 0 Å². The number of amides is 1. The molecule has 2 aliphatic carbocycles. The third-order valence-electron chi connectivity index (χ3n) is 8.20. The van der Waals surface area contributed by atoms with Crippen molar-refractivity contribution in [1.82, 2.24) is 9.55 Å². The number of benzene rings is 3. The molecular weight excluding hydrogens is 502 g/mol. The summed E-state index contributed by atoms with van der Waals surface area (Å²) in [5.74, 6) is 0.109. The van der Waals surface area contributed by atoms with Crippen LogP contribution in [0.1, 0.15) is 50.2 Å². The van der Waals surface area contributed by atoms with E-state index in [0.29, 0.717) is 11.7 Å². The average molecular weight is 536 g/mol. The Morgan fingerprint density at radius 1 is 0.897 bits per heavy atom. The Labute approximate surface area is 233 Å². The highest BCUT2D eigenvalue weighted by molar-refractivity contribution is 7.99. The summed E-state index contributed by atoms with van der Waals surface area (Å²) in [6, 6.07) is 27.8. The Kier molecular flexibility index (Phi) is 7.13. The molecule has 1 fully saturated rings. The number of fused-ring (bicyclic) bond motifs is 4. The van der Waals surface area contributed by atoms with Crippen LogP contribution in [0.15, 0.2) is 94.9 Å². The lowest BCUT2D eigenvalue weighted by molar-refractivity contribution is -0.115. The third kappa shape index (κ3) is 4.71. The minimum Gasteiger partial charge on any atom is -0.288 e. The van der Waals surface area contributed by atoms with Crippen molar-refractivity contribution in [3.63, 3.8) is 0 Å². The molecule has 1 spiro atoms. The number of thioether (sulfide) groups is 1. The first-order chi connectivity index (χ1) is 19.1. The van der Waals surface area contributed by atoms with Gasteiger partial charge in [-0.3, -0.25) is 19.1 Å². The molecule has 39 heavy (non-hydrogen) atoms. The van der Waals surface area contributed by atoms with Crippen LogP contribution in [-0.2, 0) is 23.2 Å². The van der Waals surface area contributed by atoms with E-state index in [9.17, 15) is 9.59 Å². The first-order valence-corrected chi connectivity index (χ1v) is 14.9. The highest BCUT2D eigenvalue weighted by Crippen LogP contribution is 2.48. The van der Waals surface area contributed by atoms with E-state index >= 15 is 0 Å². The molecule has 2 aliphatic rings. The van der Waals surface area contributed by atoms with Gasteiger partial charge in [-0.15, -0.1) is 0 Å². The van der Waals surface area contributed by atoms with Crippen LogP contribution in [0, 0.1) is 0 Å². The number of hydrogen-bond acceptors (Lipinski definition) is 4. The fourth-order valence-corrected chi connectivity index (χ4v) is 7.30. The van der Waals surface area contributed by atoms with Crippen molar-refractivity contribution in [3.05, 3.63) is 106 Å². The van der Waals surface area contributed by atoms with E-state index in [1.165, 1.54) is 23.7 Å². The van der Waals surface area contributed by atoms with Crippen LogP contribution in [-0.4, -0.2) is 21.2 Å². The van der Waals surface area contributed by atoms with Gasteiger partial charge in [-0.05, 0) is 56.0 Å². The number of para-hydroxylation sites is 2. The van der Waals surface area contributed by atoms with E-state index in [0.717, 1.165) is 60.3 Å². The molecule has 6 heteroatoms. The van der Waals surface area contributed by atoms with Crippen molar-refractivity contribution in [2.75, 3.05) is 10.7 Å². The van der Waals surface area contributed by atoms with E-state index < -0.39 is 0 Å². The summed E-state index contributed by atoms with van der Waals surface area (Å²) < 4.78 is 1.79. The van der Waals surface area contributed by atoms with Crippen LogP contribution in [0.5, 0.6) is 0 Å². The molecule has 0 N–H and O–H groups in total. The van der Waals surface area contributed by atoms with Gasteiger partial charge in [0.1, 0.15) is 0 Å². The van der Waals surface area contributed by atoms with Crippen molar-refractivity contribution in [1.29, 1.82) is 0 Å². The fourth-order valence-electron chi connectivity index (χ4n) is 6.39. The second-order valence-corrected chi connectivity index (χ2v) is 11.5. The molecule has 3 aromatic carbocycles. The first kappa shape index (κ1) is 25.6. The van der Waals surface area contributed by atoms with Gasteiger partial charge in [0, 0.05) is 28.9 Å². The smallest absolute Gasteiger partial charge is 0.258 e. The van der Waals surface area contributed by atoms with Crippen molar-refractivity contribution >= 4 is 29.0 Å². The van der Waals surface area contributed by atoms with Gasteiger partial charge >= 0.3 is 0 Å². The van der Waals surface area contributed by atoms with Crippen molar-refractivity contribution in [2.45, 2.75) is 62.6 Å². The zero-order valence-electron chi connectivity index (χ0n) is 22.3. The van der Waals surface area contributed by atoms with E-state index in [2.05, 4.69) is 18.2 Å². The lowest BCUT2D eigenvalue weighted by atomic mass is 9.62. The third-order valence-corrected chi connectivity index (χ3v) is 9.16. The Bertz CT molecular complexity index is 1500. The molecule has 1 amide bonds. The number of rotatable bonds is 6. The number of aromatic nitrogens is 2. The molecule has 0 radical (unpaired) electrons. The predicted molar refractivity (Wildman–Crippen MR) is 159 cm³/mol. The Balaban J connectivity index is 1.39. The number of carbonyl (C=O) groups excluding carboxylic acids is 1. The van der Waals surface area contributed by atoms with Crippen molar-refractivity contribution in [2.24, 2.45) is 0 Å². The number of hydrogen-bond donors (Lipinski definition) is 0. The maximum absolute atomic E-state index is 14.2. The minimum absolute atomic E-state index is 0.0591. The van der Waals surface area contributed by atoms with Gasteiger partial charge in [-0.2, -0.15) is 0 Å². The molecule has 1 heterocycles.